The fourth-order valence-corrected chi connectivity index (χ4v) is 3.43. The summed E-state index contributed by atoms with van der Waals surface area (Å²) in [5.41, 5.74) is 6.36. The molecule has 0 heterocycles. The van der Waals surface area contributed by atoms with Crippen molar-refractivity contribution in [1.82, 2.24) is 0 Å². The summed E-state index contributed by atoms with van der Waals surface area (Å²) in [6.07, 6.45) is 0. The molecular formula is C13H9Cl2N3O2S. The van der Waals surface area contributed by atoms with Gasteiger partial charge in [0.25, 0.3) is 10.0 Å². The Hall–Kier alpha value is -1.94. The fourth-order valence-electron chi connectivity index (χ4n) is 1.61. The van der Waals surface area contributed by atoms with Gasteiger partial charge in [-0.15, -0.1) is 0 Å². The minimum atomic E-state index is -3.88. The number of nitrogens with one attached hydrogen (secondary N) is 1. The van der Waals surface area contributed by atoms with Crippen LogP contribution in [0.25, 0.3) is 0 Å². The van der Waals surface area contributed by atoms with E-state index in [2.05, 4.69) is 4.72 Å². The Labute approximate surface area is 132 Å². The highest BCUT2D eigenvalue weighted by Crippen LogP contribution is 2.26. The van der Waals surface area contributed by atoms with Crippen LogP contribution in [0.4, 0.5) is 11.4 Å². The van der Waals surface area contributed by atoms with Crippen LogP contribution in [0, 0.1) is 11.3 Å². The zero-order valence-electron chi connectivity index (χ0n) is 10.5. The highest BCUT2D eigenvalue weighted by atomic mass is 35.5. The Bertz CT molecular complexity index is 825. The lowest BCUT2D eigenvalue weighted by Gasteiger charge is -2.11. The molecular weight excluding hydrogens is 333 g/mol. The number of hydrogen-bond acceptors (Lipinski definition) is 4. The van der Waals surface area contributed by atoms with Gasteiger partial charge in [0.15, 0.2) is 0 Å². The van der Waals surface area contributed by atoms with Gasteiger partial charge in [-0.2, -0.15) is 5.26 Å². The third kappa shape index (κ3) is 3.58. The molecule has 108 valence electrons. The lowest BCUT2D eigenvalue weighted by Crippen LogP contribution is -2.14. The smallest absolute Gasteiger partial charge is 0.262 e. The summed E-state index contributed by atoms with van der Waals surface area (Å²) in [5, 5.41) is 9.16. The van der Waals surface area contributed by atoms with E-state index in [-0.39, 0.29) is 26.3 Å². The highest BCUT2D eigenvalue weighted by Gasteiger charge is 2.17. The number of nitriles is 1. The van der Waals surface area contributed by atoms with Crippen molar-refractivity contribution < 1.29 is 8.42 Å². The summed E-state index contributed by atoms with van der Waals surface area (Å²) < 4.78 is 26.9. The van der Waals surface area contributed by atoms with Gasteiger partial charge in [-0.3, -0.25) is 4.72 Å². The van der Waals surface area contributed by atoms with Gasteiger partial charge in [0, 0.05) is 10.0 Å². The van der Waals surface area contributed by atoms with E-state index in [1.165, 1.54) is 36.4 Å². The van der Waals surface area contributed by atoms with Crippen LogP contribution in [0.3, 0.4) is 0 Å². The van der Waals surface area contributed by atoms with Crippen molar-refractivity contribution in [2.45, 2.75) is 4.90 Å². The largest absolute Gasteiger partial charge is 0.397 e. The molecule has 2 aromatic rings. The molecule has 0 saturated carbocycles. The number of halogens is 2. The first-order valence-electron chi connectivity index (χ1n) is 5.60. The number of nitrogens with zero attached hydrogens (tertiary/aromatic N) is 1. The molecule has 0 aromatic heterocycles. The second kappa shape index (κ2) is 5.82. The van der Waals surface area contributed by atoms with Crippen LogP contribution in [0.5, 0.6) is 0 Å². The van der Waals surface area contributed by atoms with Crippen molar-refractivity contribution in [3.63, 3.8) is 0 Å². The minimum absolute atomic E-state index is 0.0799. The predicted molar refractivity (Wildman–Crippen MR) is 82.8 cm³/mol. The number of nitrogen functional groups attached to an aromatic ring is 1. The molecule has 2 rings (SSSR count). The summed E-state index contributed by atoms with van der Waals surface area (Å²) in [6, 6.07) is 10.1. The number of sulfonamides is 1. The lowest BCUT2D eigenvalue weighted by atomic mass is 10.2. The SMILES string of the molecule is N#Cc1ccc(NS(=O)(=O)c2cc(Cl)cc(Cl)c2)c(N)c1. The van der Waals surface area contributed by atoms with Crippen molar-refractivity contribution in [2.24, 2.45) is 0 Å². The van der Waals surface area contributed by atoms with E-state index in [1.807, 2.05) is 6.07 Å². The molecule has 2 aromatic carbocycles. The maximum atomic E-state index is 12.3. The minimum Gasteiger partial charge on any atom is -0.397 e. The van der Waals surface area contributed by atoms with Crippen molar-refractivity contribution in [2.75, 3.05) is 10.5 Å². The second-order valence-electron chi connectivity index (χ2n) is 4.12. The van der Waals surface area contributed by atoms with Crippen LogP contribution in [0.1, 0.15) is 5.56 Å². The molecule has 0 aliphatic heterocycles. The molecule has 8 heteroatoms. The molecule has 0 saturated heterocycles. The number of benzene rings is 2. The van der Waals surface area contributed by atoms with E-state index in [1.54, 1.807) is 0 Å². The molecule has 0 bridgehead atoms. The molecule has 0 atom stereocenters. The average Bonchev–Trinajstić information content (AvgIpc) is 2.40. The summed E-state index contributed by atoms with van der Waals surface area (Å²) >= 11 is 11.6. The van der Waals surface area contributed by atoms with Crippen LogP contribution >= 0.6 is 23.2 Å². The highest BCUT2D eigenvalue weighted by molar-refractivity contribution is 7.92. The third-order valence-corrected chi connectivity index (χ3v) is 4.35. The Morgan fingerprint density at radius 1 is 1.10 bits per heavy atom. The summed E-state index contributed by atoms with van der Waals surface area (Å²) in [6.45, 7) is 0. The van der Waals surface area contributed by atoms with Crippen molar-refractivity contribution in [3.8, 4) is 6.07 Å². The monoisotopic (exact) mass is 341 g/mol. The van der Waals surface area contributed by atoms with Gasteiger partial charge in [0.05, 0.1) is 27.9 Å². The molecule has 0 aliphatic carbocycles. The topological polar surface area (TPSA) is 96.0 Å². The van der Waals surface area contributed by atoms with Crippen LogP contribution in [0.15, 0.2) is 41.3 Å². The second-order valence-corrected chi connectivity index (χ2v) is 6.68. The Kier molecular flexibility index (Phi) is 4.28. The van der Waals surface area contributed by atoms with Crippen molar-refractivity contribution in [3.05, 3.63) is 52.0 Å². The van der Waals surface area contributed by atoms with E-state index in [9.17, 15) is 8.42 Å². The maximum Gasteiger partial charge on any atom is 0.262 e. The molecule has 21 heavy (non-hydrogen) atoms. The van der Waals surface area contributed by atoms with Gasteiger partial charge < -0.3 is 5.73 Å². The molecule has 0 aliphatic rings. The van der Waals surface area contributed by atoms with E-state index in [0.29, 0.717) is 5.56 Å². The Morgan fingerprint density at radius 2 is 1.71 bits per heavy atom. The third-order valence-electron chi connectivity index (χ3n) is 2.57. The normalized spacial score (nSPS) is 10.9. The van der Waals surface area contributed by atoms with Gasteiger partial charge in [0.2, 0.25) is 0 Å². The lowest BCUT2D eigenvalue weighted by molar-refractivity contribution is 0.601. The summed E-state index contributed by atoms with van der Waals surface area (Å²) in [4.78, 5) is -0.0799. The molecule has 3 N–H and O–H groups in total. The number of anilines is 2. The fraction of sp³-hybridized carbons (Fsp3) is 0. The first-order chi connectivity index (χ1) is 9.81. The van der Waals surface area contributed by atoms with Gasteiger partial charge in [-0.1, -0.05) is 23.2 Å². The molecule has 5 nitrogen and oxygen atoms in total. The Morgan fingerprint density at radius 3 is 2.24 bits per heavy atom. The van der Waals surface area contributed by atoms with Crippen LogP contribution < -0.4 is 10.5 Å². The quantitative estimate of drug-likeness (QED) is 0.837. The Balaban J connectivity index is 2.40. The van der Waals surface area contributed by atoms with E-state index in [4.69, 9.17) is 34.2 Å². The van der Waals surface area contributed by atoms with E-state index >= 15 is 0 Å². The van der Waals surface area contributed by atoms with E-state index < -0.39 is 10.0 Å². The number of hydrogen-bond donors (Lipinski definition) is 2. The summed E-state index contributed by atoms with van der Waals surface area (Å²) in [5.74, 6) is 0. The number of nitrogens with two attached hydrogens (primary N) is 1. The molecule has 0 amide bonds. The van der Waals surface area contributed by atoms with Crippen LogP contribution in [-0.2, 0) is 10.0 Å². The molecule has 0 unspecified atom stereocenters. The van der Waals surface area contributed by atoms with Gasteiger partial charge in [-0.25, -0.2) is 8.42 Å². The molecule has 0 radical (unpaired) electrons. The van der Waals surface area contributed by atoms with Crippen LogP contribution in [0.2, 0.25) is 10.0 Å². The van der Waals surface area contributed by atoms with E-state index in [0.717, 1.165) is 0 Å². The van der Waals surface area contributed by atoms with Crippen molar-refractivity contribution in [1.29, 1.82) is 5.26 Å². The average molecular weight is 342 g/mol. The standard InChI is InChI=1S/C13H9Cl2N3O2S/c14-9-4-10(15)6-11(5-9)21(19,20)18-13-2-1-8(7-16)3-12(13)17/h1-6,18H,17H2. The van der Waals surface area contributed by atoms with Gasteiger partial charge in [-0.05, 0) is 36.4 Å². The number of rotatable bonds is 3. The molecule has 0 spiro atoms. The van der Waals surface area contributed by atoms with Gasteiger partial charge >= 0.3 is 0 Å². The van der Waals surface area contributed by atoms with Gasteiger partial charge in [0.1, 0.15) is 0 Å². The van der Waals surface area contributed by atoms with Crippen molar-refractivity contribution >= 4 is 44.6 Å². The zero-order valence-corrected chi connectivity index (χ0v) is 12.8. The zero-order chi connectivity index (χ0) is 15.6. The maximum absolute atomic E-state index is 12.3. The van der Waals surface area contributed by atoms with Crippen LogP contribution in [-0.4, -0.2) is 8.42 Å². The predicted octanol–water partition coefficient (Wildman–Crippen LogP) is 3.25. The first kappa shape index (κ1) is 15.4. The first-order valence-corrected chi connectivity index (χ1v) is 7.84. The summed E-state index contributed by atoms with van der Waals surface area (Å²) in [7, 11) is -3.88. The molecule has 0 fully saturated rings.